The maximum atomic E-state index is 12.2. The van der Waals surface area contributed by atoms with Crippen LogP contribution in [0.2, 0.25) is 0 Å². The van der Waals surface area contributed by atoms with Crippen molar-refractivity contribution in [1.82, 2.24) is 10.7 Å². The van der Waals surface area contributed by atoms with Crippen molar-refractivity contribution < 1.29 is 28.3 Å². The molecule has 0 aliphatic heterocycles. The van der Waals surface area contributed by atoms with Crippen LogP contribution < -0.4 is 15.5 Å². The molecule has 0 aliphatic carbocycles. The number of benzene rings is 2. The first-order valence-corrected chi connectivity index (χ1v) is 11.0. The van der Waals surface area contributed by atoms with Crippen LogP contribution in [0.25, 0.3) is 11.3 Å². The summed E-state index contributed by atoms with van der Waals surface area (Å²) >= 11 is 0. The van der Waals surface area contributed by atoms with Gasteiger partial charge in [0.15, 0.2) is 6.61 Å². The Morgan fingerprint density at radius 2 is 1.77 bits per heavy atom. The van der Waals surface area contributed by atoms with Gasteiger partial charge in [-0.2, -0.15) is 5.10 Å². The highest BCUT2D eigenvalue weighted by Gasteiger charge is 2.16. The Kier molecular flexibility index (Phi) is 8.77. The minimum Gasteiger partial charge on any atom is -0.484 e. The van der Waals surface area contributed by atoms with E-state index < -0.39 is 23.8 Å². The standard InChI is InChI=1S/C26H27N3O6/c1-17(2)34-26(32)20-9-7-8-19(14-20)23-13-12-22(35-23)15-27-29-25(31)18(3)28-24(30)16-33-21-10-5-4-6-11-21/h4-15,17-18H,16H2,1-3H3,(H,28,30)(H,29,31)/b27-15-/t18-/m1/s1. The molecular weight excluding hydrogens is 450 g/mol. The molecule has 9 nitrogen and oxygen atoms in total. The number of hydrogen-bond acceptors (Lipinski definition) is 7. The molecule has 0 fully saturated rings. The summed E-state index contributed by atoms with van der Waals surface area (Å²) in [6.45, 7) is 4.89. The van der Waals surface area contributed by atoms with E-state index in [1.54, 1.807) is 74.5 Å². The molecule has 1 aromatic heterocycles. The second-order valence-corrected chi connectivity index (χ2v) is 7.86. The van der Waals surface area contributed by atoms with Crippen LogP contribution in [0.15, 0.2) is 76.2 Å². The maximum absolute atomic E-state index is 12.2. The first-order valence-electron chi connectivity index (χ1n) is 11.0. The molecule has 0 spiro atoms. The number of esters is 1. The van der Waals surface area contributed by atoms with Crippen molar-refractivity contribution in [2.45, 2.75) is 32.9 Å². The van der Waals surface area contributed by atoms with E-state index in [0.29, 0.717) is 28.4 Å². The predicted molar refractivity (Wildman–Crippen MR) is 130 cm³/mol. The lowest BCUT2D eigenvalue weighted by atomic mass is 10.1. The minimum atomic E-state index is -0.820. The highest BCUT2D eigenvalue weighted by atomic mass is 16.5. The van der Waals surface area contributed by atoms with E-state index in [4.69, 9.17) is 13.9 Å². The second kappa shape index (κ2) is 12.2. The summed E-state index contributed by atoms with van der Waals surface area (Å²) in [5.41, 5.74) is 3.47. The van der Waals surface area contributed by atoms with Gasteiger partial charge in [-0.25, -0.2) is 10.2 Å². The molecular formula is C26H27N3O6. The Morgan fingerprint density at radius 3 is 2.51 bits per heavy atom. The molecule has 0 radical (unpaired) electrons. The van der Waals surface area contributed by atoms with E-state index in [9.17, 15) is 14.4 Å². The molecule has 0 saturated heterocycles. The van der Waals surface area contributed by atoms with E-state index in [0.717, 1.165) is 0 Å². The van der Waals surface area contributed by atoms with Gasteiger partial charge >= 0.3 is 5.97 Å². The minimum absolute atomic E-state index is 0.212. The molecule has 3 rings (SSSR count). The molecule has 0 unspecified atom stereocenters. The lowest BCUT2D eigenvalue weighted by Crippen LogP contribution is -2.45. The zero-order valence-electron chi connectivity index (χ0n) is 19.7. The van der Waals surface area contributed by atoms with Crippen LogP contribution in [0.5, 0.6) is 5.75 Å². The summed E-state index contributed by atoms with van der Waals surface area (Å²) < 4.78 is 16.3. The molecule has 0 aliphatic rings. The summed E-state index contributed by atoms with van der Waals surface area (Å²) in [6, 6.07) is 18.4. The SMILES string of the molecule is CC(C)OC(=O)c1cccc(-c2ccc(/C=N\NC(=O)[C@@H](C)NC(=O)COc3ccccc3)o2)c1. The largest absolute Gasteiger partial charge is 0.484 e. The van der Waals surface area contributed by atoms with Gasteiger partial charge in [0.25, 0.3) is 11.8 Å². The Balaban J connectivity index is 1.49. The molecule has 9 heteroatoms. The van der Waals surface area contributed by atoms with E-state index in [1.165, 1.54) is 13.1 Å². The van der Waals surface area contributed by atoms with Crippen LogP contribution in [0.3, 0.4) is 0 Å². The third-order valence-corrected chi connectivity index (χ3v) is 4.60. The van der Waals surface area contributed by atoms with Gasteiger partial charge in [0.1, 0.15) is 23.3 Å². The number of hydrazone groups is 1. The summed E-state index contributed by atoms with van der Waals surface area (Å²) in [4.78, 5) is 36.3. The van der Waals surface area contributed by atoms with E-state index in [1.807, 2.05) is 6.07 Å². The molecule has 0 bridgehead atoms. The molecule has 2 aromatic carbocycles. The molecule has 35 heavy (non-hydrogen) atoms. The second-order valence-electron chi connectivity index (χ2n) is 7.86. The number of furan rings is 1. The number of carbonyl (C=O) groups is 3. The number of carbonyl (C=O) groups excluding carboxylic acids is 3. The number of hydrogen-bond donors (Lipinski definition) is 2. The fraction of sp³-hybridized carbons (Fsp3) is 0.231. The zero-order valence-corrected chi connectivity index (χ0v) is 19.7. The quantitative estimate of drug-likeness (QED) is 0.262. The summed E-state index contributed by atoms with van der Waals surface area (Å²) in [7, 11) is 0. The van der Waals surface area contributed by atoms with Gasteiger partial charge in [0.05, 0.1) is 17.9 Å². The Hall–Kier alpha value is -4.40. The first-order chi connectivity index (χ1) is 16.8. The number of amides is 2. The molecule has 2 amide bonds. The van der Waals surface area contributed by atoms with Gasteiger partial charge in [-0.1, -0.05) is 30.3 Å². The average Bonchev–Trinajstić information content (AvgIpc) is 3.32. The van der Waals surface area contributed by atoms with Gasteiger partial charge in [0.2, 0.25) is 0 Å². The van der Waals surface area contributed by atoms with Crippen molar-refractivity contribution in [3.8, 4) is 17.1 Å². The van der Waals surface area contributed by atoms with E-state index in [2.05, 4.69) is 15.8 Å². The lowest BCUT2D eigenvalue weighted by molar-refractivity contribution is -0.129. The van der Waals surface area contributed by atoms with Gasteiger partial charge < -0.3 is 19.2 Å². The smallest absolute Gasteiger partial charge is 0.338 e. The van der Waals surface area contributed by atoms with Gasteiger partial charge in [-0.05, 0) is 57.2 Å². The predicted octanol–water partition coefficient (Wildman–Crippen LogP) is 3.55. The number of para-hydroxylation sites is 1. The van der Waals surface area contributed by atoms with E-state index >= 15 is 0 Å². The van der Waals surface area contributed by atoms with Crippen LogP contribution in [0.4, 0.5) is 0 Å². The third-order valence-electron chi connectivity index (χ3n) is 4.60. The average molecular weight is 478 g/mol. The summed E-state index contributed by atoms with van der Waals surface area (Å²) in [5.74, 6) is 0.127. The Morgan fingerprint density at radius 1 is 1.00 bits per heavy atom. The molecule has 0 saturated carbocycles. The first kappa shape index (κ1) is 25.2. The third kappa shape index (κ3) is 7.85. The van der Waals surface area contributed by atoms with Crippen molar-refractivity contribution in [3.63, 3.8) is 0 Å². The molecule has 2 N–H and O–H groups in total. The summed E-state index contributed by atoms with van der Waals surface area (Å²) in [5, 5.41) is 6.41. The van der Waals surface area contributed by atoms with Crippen molar-refractivity contribution in [1.29, 1.82) is 0 Å². The summed E-state index contributed by atoms with van der Waals surface area (Å²) in [6.07, 6.45) is 1.12. The van der Waals surface area contributed by atoms with Crippen LogP contribution in [-0.4, -0.2) is 42.8 Å². The van der Waals surface area contributed by atoms with E-state index in [-0.39, 0.29) is 12.7 Å². The maximum Gasteiger partial charge on any atom is 0.338 e. The highest BCUT2D eigenvalue weighted by molar-refractivity contribution is 5.91. The lowest BCUT2D eigenvalue weighted by Gasteiger charge is -2.12. The van der Waals surface area contributed by atoms with Crippen LogP contribution in [0.1, 0.15) is 36.9 Å². The highest BCUT2D eigenvalue weighted by Crippen LogP contribution is 2.23. The van der Waals surface area contributed by atoms with Crippen molar-refractivity contribution >= 4 is 24.0 Å². The number of nitrogens with one attached hydrogen (secondary N) is 2. The normalized spacial score (nSPS) is 11.8. The van der Waals surface area contributed by atoms with Crippen molar-refractivity contribution in [2.75, 3.05) is 6.61 Å². The molecule has 1 atom stereocenters. The van der Waals surface area contributed by atoms with Crippen LogP contribution in [-0.2, 0) is 14.3 Å². The van der Waals surface area contributed by atoms with Crippen molar-refractivity contribution in [2.24, 2.45) is 5.10 Å². The molecule has 1 heterocycles. The number of ether oxygens (including phenoxy) is 2. The Labute approximate surface area is 203 Å². The van der Waals surface area contributed by atoms with Crippen LogP contribution >= 0.6 is 0 Å². The Bertz CT molecular complexity index is 1190. The van der Waals surface area contributed by atoms with Gasteiger partial charge in [-0.15, -0.1) is 0 Å². The zero-order chi connectivity index (χ0) is 25.2. The fourth-order valence-electron chi connectivity index (χ4n) is 2.93. The number of nitrogens with zero attached hydrogens (tertiary/aromatic N) is 1. The molecule has 182 valence electrons. The number of rotatable bonds is 10. The fourth-order valence-corrected chi connectivity index (χ4v) is 2.93. The van der Waals surface area contributed by atoms with Gasteiger partial charge in [0, 0.05) is 5.56 Å². The van der Waals surface area contributed by atoms with Crippen molar-refractivity contribution in [3.05, 3.63) is 78.1 Å². The molecule has 3 aromatic rings. The monoisotopic (exact) mass is 477 g/mol. The van der Waals surface area contributed by atoms with Gasteiger partial charge in [-0.3, -0.25) is 9.59 Å². The van der Waals surface area contributed by atoms with Crippen LogP contribution in [0, 0.1) is 0 Å². The topological polar surface area (TPSA) is 119 Å².